The van der Waals surface area contributed by atoms with Crippen LogP contribution in [0.3, 0.4) is 0 Å². The minimum absolute atomic E-state index is 0.0171. The molecule has 0 radical (unpaired) electrons. The van der Waals surface area contributed by atoms with E-state index in [-0.39, 0.29) is 5.69 Å². The van der Waals surface area contributed by atoms with Crippen molar-refractivity contribution in [2.75, 3.05) is 31.2 Å². The molecule has 2 aliphatic heterocycles. The Balaban J connectivity index is 1.73. The van der Waals surface area contributed by atoms with E-state index >= 15 is 0 Å². The van der Waals surface area contributed by atoms with Crippen LogP contribution in [0, 0.1) is 10.1 Å². The molecule has 8 heteroatoms. The summed E-state index contributed by atoms with van der Waals surface area (Å²) in [6, 6.07) is 1.48. The van der Waals surface area contributed by atoms with E-state index in [1.54, 1.807) is 0 Å². The van der Waals surface area contributed by atoms with E-state index in [0.717, 1.165) is 31.7 Å². The minimum atomic E-state index is -0.451. The van der Waals surface area contributed by atoms with Crippen molar-refractivity contribution < 1.29 is 14.4 Å². The van der Waals surface area contributed by atoms with Crippen molar-refractivity contribution >= 4 is 27.4 Å². The van der Waals surface area contributed by atoms with Gasteiger partial charge in [-0.05, 0) is 15.9 Å². The van der Waals surface area contributed by atoms with Gasteiger partial charge in [0, 0.05) is 32.0 Å². The van der Waals surface area contributed by atoms with Crippen LogP contribution in [-0.2, 0) is 9.47 Å². The Morgan fingerprint density at radius 2 is 2.00 bits per heavy atom. The Hall–Kier alpha value is -1.25. The summed E-state index contributed by atoms with van der Waals surface area (Å²) in [6.45, 7) is 2.81. The Morgan fingerprint density at radius 3 is 2.55 bits per heavy atom. The van der Waals surface area contributed by atoms with Gasteiger partial charge in [0.05, 0.1) is 22.6 Å². The monoisotopic (exact) mass is 343 g/mol. The maximum Gasteiger partial charge on any atom is 0.288 e. The number of hydrogen-bond acceptors (Lipinski definition) is 6. The van der Waals surface area contributed by atoms with Crippen LogP contribution in [0.25, 0.3) is 0 Å². The second-order valence-electron chi connectivity index (χ2n) is 4.85. The zero-order valence-corrected chi connectivity index (χ0v) is 12.3. The summed E-state index contributed by atoms with van der Waals surface area (Å²) < 4.78 is 12.0. The molecule has 0 aliphatic carbocycles. The van der Waals surface area contributed by atoms with E-state index in [1.807, 2.05) is 0 Å². The van der Waals surface area contributed by atoms with Crippen LogP contribution < -0.4 is 4.90 Å². The van der Waals surface area contributed by atoms with Crippen molar-refractivity contribution in [3.05, 3.63) is 26.9 Å². The first-order valence-corrected chi connectivity index (χ1v) is 7.22. The molecule has 2 fully saturated rings. The molecular weight excluding hydrogens is 330 g/mol. The topological polar surface area (TPSA) is 77.7 Å². The number of halogens is 1. The van der Waals surface area contributed by atoms with Crippen LogP contribution in [0.1, 0.15) is 12.8 Å². The number of ether oxygens (including phenoxy) is 2. The van der Waals surface area contributed by atoms with Gasteiger partial charge < -0.3 is 14.4 Å². The molecule has 0 amide bonds. The fraction of sp³-hybridized carbons (Fsp3) is 0.583. The quantitative estimate of drug-likeness (QED) is 0.604. The lowest BCUT2D eigenvalue weighted by Gasteiger charge is -2.38. The van der Waals surface area contributed by atoms with Crippen molar-refractivity contribution in [2.24, 2.45) is 0 Å². The number of hydrogen-bond donors (Lipinski definition) is 0. The standard InChI is InChI=1S/C12H14BrN3O4/c13-10-7-9(16(17)18)8-14-11(10)15-3-1-12(2-4-15)19-5-6-20-12/h7-8H,1-6H2. The molecule has 2 aliphatic rings. The third kappa shape index (κ3) is 2.50. The second-order valence-corrected chi connectivity index (χ2v) is 5.71. The normalized spacial score (nSPS) is 21.4. The lowest BCUT2D eigenvalue weighted by atomic mass is 10.0. The molecule has 108 valence electrons. The highest BCUT2D eigenvalue weighted by Crippen LogP contribution is 2.35. The average Bonchev–Trinajstić information content (AvgIpc) is 2.88. The highest BCUT2D eigenvalue weighted by atomic mass is 79.9. The van der Waals surface area contributed by atoms with Gasteiger partial charge in [-0.2, -0.15) is 0 Å². The molecule has 1 aromatic rings. The summed E-state index contributed by atoms with van der Waals surface area (Å²) in [4.78, 5) is 16.5. The van der Waals surface area contributed by atoms with Crippen LogP contribution >= 0.6 is 15.9 Å². The maximum atomic E-state index is 10.7. The number of anilines is 1. The molecule has 20 heavy (non-hydrogen) atoms. The van der Waals surface area contributed by atoms with Gasteiger partial charge in [0.25, 0.3) is 5.69 Å². The summed E-state index contributed by atoms with van der Waals surface area (Å²) in [6.07, 6.45) is 2.84. The summed E-state index contributed by atoms with van der Waals surface area (Å²) >= 11 is 3.35. The second kappa shape index (κ2) is 5.27. The molecule has 0 saturated carbocycles. The van der Waals surface area contributed by atoms with E-state index in [2.05, 4.69) is 25.8 Å². The highest BCUT2D eigenvalue weighted by molar-refractivity contribution is 9.10. The Labute approximate surface area is 124 Å². The first-order valence-electron chi connectivity index (χ1n) is 6.42. The fourth-order valence-electron chi connectivity index (χ4n) is 2.60. The van der Waals surface area contributed by atoms with Crippen molar-refractivity contribution in [1.82, 2.24) is 4.98 Å². The lowest BCUT2D eigenvalue weighted by molar-refractivity contribution is -0.385. The van der Waals surface area contributed by atoms with Crippen LogP contribution in [-0.4, -0.2) is 42.0 Å². The summed E-state index contributed by atoms with van der Waals surface area (Å²) in [5.41, 5.74) is -0.0171. The van der Waals surface area contributed by atoms with E-state index < -0.39 is 10.7 Å². The zero-order valence-electron chi connectivity index (χ0n) is 10.7. The Bertz CT molecular complexity index is 523. The van der Waals surface area contributed by atoms with E-state index in [9.17, 15) is 10.1 Å². The molecule has 1 aromatic heterocycles. The molecule has 7 nitrogen and oxygen atoms in total. The molecule has 0 N–H and O–H groups in total. The molecule has 1 spiro atoms. The highest BCUT2D eigenvalue weighted by Gasteiger charge is 2.40. The number of nitro groups is 1. The molecule has 0 atom stereocenters. The summed E-state index contributed by atoms with van der Waals surface area (Å²) in [7, 11) is 0. The third-order valence-electron chi connectivity index (χ3n) is 3.66. The minimum Gasteiger partial charge on any atom is -0.355 e. The summed E-state index contributed by atoms with van der Waals surface area (Å²) in [5.74, 6) is 0.299. The van der Waals surface area contributed by atoms with Gasteiger partial charge in [0.15, 0.2) is 5.79 Å². The van der Waals surface area contributed by atoms with Gasteiger partial charge in [0.1, 0.15) is 12.0 Å². The van der Waals surface area contributed by atoms with Gasteiger partial charge in [-0.1, -0.05) is 0 Å². The van der Waals surface area contributed by atoms with Crippen molar-refractivity contribution in [2.45, 2.75) is 18.6 Å². The predicted molar refractivity (Wildman–Crippen MR) is 74.7 cm³/mol. The molecule has 3 heterocycles. The molecular formula is C12H14BrN3O4. The summed E-state index contributed by atoms with van der Waals surface area (Å²) in [5, 5.41) is 10.7. The van der Waals surface area contributed by atoms with E-state index in [0.29, 0.717) is 17.7 Å². The maximum absolute atomic E-state index is 10.7. The van der Waals surface area contributed by atoms with Crippen molar-refractivity contribution in [1.29, 1.82) is 0 Å². The Kier molecular flexibility index (Phi) is 3.61. The van der Waals surface area contributed by atoms with Crippen molar-refractivity contribution in [3.8, 4) is 0 Å². The van der Waals surface area contributed by atoms with Crippen LogP contribution in [0.2, 0.25) is 0 Å². The third-order valence-corrected chi connectivity index (χ3v) is 4.24. The van der Waals surface area contributed by atoms with Crippen LogP contribution in [0.4, 0.5) is 11.5 Å². The largest absolute Gasteiger partial charge is 0.355 e. The van der Waals surface area contributed by atoms with E-state index in [1.165, 1.54) is 12.3 Å². The van der Waals surface area contributed by atoms with Crippen molar-refractivity contribution in [3.63, 3.8) is 0 Å². The van der Waals surface area contributed by atoms with Gasteiger partial charge in [0.2, 0.25) is 0 Å². The van der Waals surface area contributed by atoms with Gasteiger partial charge >= 0.3 is 0 Å². The molecule has 0 bridgehead atoms. The number of rotatable bonds is 2. The number of pyridine rings is 1. The van der Waals surface area contributed by atoms with Crippen LogP contribution in [0.15, 0.2) is 16.7 Å². The fourth-order valence-corrected chi connectivity index (χ4v) is 3.19. The lowest BCUT2D eigenvalue weighted by Crippen LogP contribution is -2.45. The number of aromatic nitrogens is 1. The van der Waals surface area contributed by atoms with E-state index in [4.69, 9.17) is 9.47 Å². The average molecular weight is 344 g/mol. The van der Waals surface area contributed by atoms with Gasteiger partial charge in [-0.15, -0.1) is 0 Å². The zero-order chi connectivity index (χ0) is 14.2. The molecule has 0 aromatic carbocycles. The first-order chi connectivity index (χ1) is 9.60. The van der Waals surface area contributed by atoms with Gasteiger partial charge in [-0.25, -0.2) is 4.98 Å². The van der Waals surface area contributed by atoms with Crippen LogP contribution in [0.5, 0.6) is 0 Å². The molecule has 2 saturated heterocycles. The first kappa shape index (κ1) is 13.7. The smallest absolute Gasteiger partial charge is 0.288 e. The molecule has 0 unspecified atom stereocenters. The number of piperidine rings is 1. The predicted octanol–water partition coefficient (Wildman–Crippen LogP) is 2.10. The van der Waals surface area contributed by atoms with Gasteiger partial charge in [-0.3, -0.25) is 10.1 Å². The molecule has 3 rings (SSSR count). The number of nitrogens with zero attached hydrogens (tertiary/aromatic N) is 3. The SMILES string of the molecule is O=[N+]([O-])c1cnc(N2CCC3(CC2)OCCO3)c(Br)c1. The Morgan fingerprint density at radius 1 is 1.35 bits per heavy atom.